The number of aromatic nitrogens is 4. The normalized spacial score (nSPS) is 11.3. The van der Waals surface area contributed by atoms with E-state index >= 15 is 0 Å². The average Bonchev–Trinajstić information content (AvgIpc) is 3.30. The zero-order valence-electron chi connectivity index (χ0n) is 19.9. The third-order valence-electron chi connectivity index (χ3n) is 6.22. The van der Waals surface area contributed by atoms with Crippen LogP contribution in [0.2, 0.25) is 0 Å². The Labute approximate surface area is 207 Å². The molecule has 5 aromatic rings. The first-order valence-corrected chi connectivity index (χ1v) is 11.9. The largest absolute Gasteiger partial charge is 0.356 e. The number of carbonyl (C=O) groups excluding carboxylic acids is 1. The molecule has 0 aliphatic heterocycles. The van der Waals surface area contributed by atoms with Gasteiger partial charge in [-0.15, -0.1) is 10.2 Å². The molecule has 0 spiro atoms. The van der Waals surface area contributed by atoms with Gasteiger partial charge in [0.15, 0.2) is 0 Å². The minimum Gasteiger partial charge on any atom is -0.356 e. The van der Waals surface area contributed by atoms with E-state index < -0.39 is 0 Å². The summed E-state index contributed by atoms with van der Waals surface area (Å²) in [5, 5.41) is 12.1. The molecule has 2 heterocycles. The minimum absolute atomic E-state index is 0.0663. The fraction of sp³-hybridized carbons (Fsp3) is 0.214. The molecule has 0 bridgehead atoms. The minimum atomic E-state index is -0.336. The summed E-state index contributed by atoms with van der Waals surface area (Å²) in [5.74, 6) is 0.584. The third kappa shape index (κ3) is 4.88. The molecule has 3 aromatic carbocycles. The van der Waals surface area contributed by atoms with Gasteiger partial charge in [0.25, 0.3) is 5.56 Å². The third-order valence-corrected chi connectivity index (χ3v) is 6.22. The molecule has 0 unspecified atom stereocenters. The lowest BCUT2D eigenvalue weighted by molar-refractivity contribution is -0.121. The highest BCUT2D eigenvalue weighted by Gasteiger charge is 2.17. The Kier molecular flexibility index (Phi) is 6.58. The molecule has 1 N–H and O–H groups in total. The van der Waals surface area contributed by atoms with Crippen LogP contribution < -0.4 is 10.9 Å². The van der Waals surface area contributed by atoms with Crippen LogP contribution in [0.5, 0.6) is 0 Å². The van der Waals surface area contributed by atoms with Gasteiger partial charge >= 0.3 is 0 Å². The van der Waals surface area contributed by atoms with Crippen LogP contribution in [0.3, 0.4) is 0 Å². The standard InChI is InChI=1S/C28H26FN5O2/c1-19-5-4-6-20(17-19)15-16-30-26(35)14-13-25-31-32-28-33(18-21-9-11-22(29)12-10-21)27(36)23-7-2-3-8-24(23)34(25)28/h2-12,17H,13-16,18H2,1H3,(H,30,35). The molecular weight excluding hydrogens is 457 g/mol. The van der Waals surface area contributed by atoms with Crippen LogP contribution in [-0.4, -0.2) is 31.6 Å². The van der Waals surface area contributed by atoms with Crippen LogP contribution in [-0.2, 0) is 24.2 Å². The van der Waals surface area contributed by atoms with Gasteiger partial charge in [-0.05, 0) is 48.7 Å². The maximum atomic E-state index is 13.4. The second-order valence-electron chi connectivity index (χ2n) is 8.88. The Balaban J connectivity index is 1.37. The van der Waals surface area contributed by atoms with Crippen LogP contribution in [0.25, 0.3) is 16.7 Å². The summed E-state index contributed by atoms with van der Waals surface area (Å²) in [6.07, 6.45) is 1.39. The summed E-state index contributed by atoms with van der Waals surface area (Å²) in [6, 6.07) is 21.5. The van der Waals surface area contributed by atoms with E-state index in [-0.39, 0.29) is 30.2 Å². The highest BCUT2D eigenvalue weighted by molar-refractivity contribution is 5.80. The first-order chi connectivity index (χ1) is 17.5. The number of aryl methyl sites for hydroxylation is 2. The monoisotopic (exact) mass is 483 g/mol. The number of nitrogens with zero attached hydrogens (tertiary/aromatic N) is 4. The number of hydrogen-bond donors (Lipinski definition) is 1. The predicted molar refractivity (Wildman–Crippen MR) is 136 cm³/mol. The maximum Gasteiger partial charge on any atom is 0.263 e. The molecule has 5 rings (SSSR count). The summed E-state index contributed by atoms with van der Waals surface area (Å²) in [5.41, 5.74) is 3.64. The lowest BCUT2D eigenvalue weighted by Gasteiger charge is -2.12. The number of halogens is 1. The Bertz CT molecular complexity index is 1600. The van der Waals surface area contributed by atoms with Gasteiger partial charge in [0.05, 0.1) is 17.4 Å². The fourth-order valence-corrected chi connectivity index (χ4v) is 4.42. The lowest BCUT2D eigenvalue weighted by Crippen LogP contribution is -2.26. The van der Waals surface area contributed by atoms with Crippen LogP contribution >= 0.6 is 0 Å². The molecule has 1 amide bonds. The van der Waals surface area contributed by atoms with Crippen molar-refractivity contribution in [3.63, 3.8) is 0 Å². The summed E-state index contributed by atoms with van der Waals surface area (Å²) in [7, 11) is 0. The van der Waals surface area contributed by atoms with E-state index in [0.717, 1.165) is 12.0 Å². The van der Waals surface area contributed by atoms with Crippen molar-refractivity contribution in [2.45, 2.75) is 32.7 Å². The summed E-state index contributed by atoms with van der Waals surface area (Å²) in [6.45, 7) is 2.84. The second-order valence-corrected chi connectivity index (χ2v) is 8.88. The molecule has 7 nitrogen and oxygen atoms in total. The van der Waals surface area contributed by atoms with Crippen molar-refractivity contribution in [2.24, 2.45) is 0 Å². The fourth-order valence-electron chi connectivity index (χ4n) is 4.42. The van der Waals surface area contributed by atoms with Crippen molar-refractivity contribution in [1.82, 2.24) is 24.5 Å². The number of fused-ring (bicyclic) bond motifs is 3. The van der Waals surface area contributed by atoms with Gasteiger partial charge < -0.3 is 5.32 Å². The Morgan fingerprint density at radius 3 is 2.56 bits per heavy atom. The molecule has 0 saturated carbocycles. The molecule has 0 atom stereocenters. The smallest absolute Gasteiger partial charge is 0.263 e. The van der Waals surface area contributed by atoms with Crippen molar-refractivity contribution >= 4 is 22.6 Å². The van der Waals surface area contributed by atoms with Crippen LogP contribution in [0.1, 0.15) is 28.9 Å². The molecule has 0 saturated heterocycles. The van der Waals surface area contributed by atoms with E-state index in [0.29, 0.717) is 35.5 Å². The molecular formula is C28H26FN5O2. The van der Waals surface area contributed by atoms with Gasteiger partial charge in [0.1, 0.15) is 11.6 Å². The van der Waals surface area contributed by atoms with Gasteiger partial charge in [0.2, 0.25) is 11.7 Å². The zero-order chi connectivity index (χ0) is 25.1. The number of benzene rings is 3. The van der Waals surface area contributed by atoms with Crippen molar-refractivity contribution in [1.29, 1.82) is 0 Å². The summed E-state index contributed by atoms with van der Waals surface area (Å²) in [4.78, 5) is 25.8. The Morgan fingerprint density at radius 2 is 1.75 bits per heavy atom. The molecule has 0 aliphatic rings. The SMILES string of the molecule is Cc1cccc(CCNC(=O)CCc2nnc3n(Cc4ccc(F)cc4)c(=O)c4ccccc4n23)c1. The molecule has 8 heteroatoms. The van der Waals surface area contributed by atoms with E-state index in [1.165, 1.54) is 27.8 Å². The number of para-hydroxylation sites is 1. The molecule has 0 fully saturated rings. The highest BCUT2D eigenvalue weighted by Crippen LogP contribution is 2.17. The number of hydrogen-bond acceptors (Lipinski definition) is 4. The quantitative estimate of drug-likeness (QED) is 0.364. The molecule has 182 valence electrons. The van der Waals surface area contributed by atoms with E-state index in [9.17, 15) is 14.0 Å². The van der Waals surface area contributed by atoms with Gasteiger partial charge in [-0.3, -0.25) is 18.6 Å². The number of nitrogens with one attached hydrogen (secondary N) is 1. The topological polar surface area (TPSA) is 81.3 Å². The highest BCUT2D eigenvalue weighted by atomic mass is 19.1. The molecule has 0 radical (unpaired) electrons. The number of rotatable bonds is 8. The first kappa shape index (κ1) is 23.4. The van der Waals surface area contributed by atoms with Gasteiger partial charge in [0, 0.05) is 19.4 Å². The van der Waals surface area contributed by atoms with Crippen LogP contribution in [0.4, 0.5) is 4.39 Å². The van der Waals surface area contributed by atoms with E-state index in [1.54, 1.807) is 18.2 Å². The van der Waals surface area contributed by atoms with Crippen molar-refractivity contribution in [3.05, 3.63) is 111 Å². The Hall–Kier alpha value is -4.33. The number of amides is 1. The Morgan fingerprint density at radius 1 is 0.944 bits per heavy atom. The molecule has 2 aromatic heterocycles. The van der Waals surface area contributed by atoms with Crippen molar-refractivity contribution in [2.75, 3.05) is 6.54 Å². The lowest BCUT2D eigenvalue weighted by atomic mass is 10.1. The predicted octanol–water partition coefficient (Wildman–Crippen LogP) is 3.83. The molecule has 0 aliphatic carbocycles. The van der Waals surface area contributed by atoms with Gasteiger partial charge in [-0.2, -0.15) is 0 Å². The summed E-state index contributed by atoms with van der Waals surface area (Å²) < 4.78 is 16.7. The summed E-state index contributed by atoms with van der Waals surface area (Å²) >= 11 is 0. The molecule has 36 heavy (non-hydrogen) atoms. The number of carbonyl (C=O) groups is 1. The first-order valence-electron chi connectivity index (χ1n) is 11.9. The van der Waals surface area contributed by atoms with Gasteiger partial charge in [-0.25, -0.2) is 4.39 Å². The zero-order valence-corrected chi connectivity index (χ0v) is 19.9. The van der Waals surface area contributed by atoms with Crippen LogP contribution in [0.15, 0.2) is 77.6 Å². The van der Waals surface area contributed by atoms with Crippen LogP contribution in [0, 0.1) is 12.7 Å². The van der Waals surface area contributed by atoms with Gasteiger partial charge in [-0.1, -0.05) is 54.1 Å². The van der Waals surface area contributed by atoms with E-state index in [4.69, 9.17) is 0 Å². The second kappa shape index (κ2) is 10.1. The van der Waals surface area contributed by atoms with Crippen molar-refractivity contribution in [3.8, 4) is 0 Å². The van der Waals surface area contributed by atoms with Crippen molar-refractivity contribution < 1.29 is 9.18 Å². The average molecular weight is 484 g/mol. The van der Waals surface area contributed by atoms with E-state index in [1.807, 2.05) is 41.7 Å². The van der Waals surface area contributed by atoms with E-state index in [2.05, 4.69) is 27.6 Å². The maximum absolute atomic E-state index is 13.4.